The minimum atomic E-state index is -0.520. The summed E-state index contributed by atoms with van der Waals surface area (Å²) < 4.78 is 21.9. The van der Waals surface area contributed by atoms with Crippen molar-refractivity contribution in [2.75, 3.05) is 20.0 Å². The Morgan fingerprint density at radius 1 is 1.03 bits per heavy atom. The summed E-state index contributed by atoms with van der Waals surface area (Å²) in [6.07, 6.45) is 3.49. The zero-order valence-electron chi connectivity index (χ0n) is 17.8. The van der Waals surface area contributed by atoms with Gasteiger partial charge in [0.2, 0.25) is 12.7 Å². The van der Waals surface area contributed by atoms with E-state index in [1.54, 1.807) is 0 Å². The summed E-state index contributed by atoms with van der Waals surface area (Å²) in [5, 5.41) is 14.4. The number of carbonyl (C=O) groups excluding carboxylic acids is 1. The maximum Gasteiger partial charge on any atom is 0.280 e. The highest BCUT2D eigenvalue weighted by molar-refractivity contribution is 5.92. The highest BCUT2D eigenvalue weighted by Crippen LogP contribution is 2.38. The van der Waals surface area contributed by atoms with Crippen molar-refractivity contribution in [2.24, 2.45) is 5.92 Å². The van der Waals surface area contributed by atoms with Gasteiger partial charge in [-0.05, 0) is 35.8 Å². The summed E-state index contributed by atoms with van der Waals surface area (Å²) in [5.41, 5.74) is 0.979. The highest BCUT2D eigenvalue weighted by Gasteiger charge is 2.23. The van der Waals surface area contributed by atoms with Gasteiger partial charge >= 0.3 is 0 Å². The van der Waals surface area contributed by atoms with E-state index in [4.69, 9.17) is 18.9 Å². The van der Waals surface area contributed by atoms with Crippen LogP contribution in [-0.2, 0) is 4.79 Å². The molecule has 4 rings (SSSR count). The summed E-state index contributed by atoms with van der Waals surface area (Å²) >= 11 is 0. The minimum Gasteiger partial charge on any atom is -0.490 e. The van der Waals surface area contributed by atoms with E-state index in [0.29, 0.717) is 36.2 Å². The van der Waals surface area contributed by atoms with Crippen LogP contribution in [0.1, 0.15) is 37.4 Å². The molecule has 2 aromatic rings. The Balaban J connectivity index is 1.53. The molecule has 0 radical (unpaired) electrons. The van der Waals surface area contributed by atoms with Crippen molar-refractivity contribution in [3.63, 3.8) is 0 Å². The number of nitrogens with one attached hydrogen (secondary N) is 1. The summed E-state index contributed by atoms with van der Waals surface area (Å²) in [6.45, 7) is 5.19. The van der Waals surface area contributed by atoms with Crippen LogP contribution >= 0.6 is 0 Å². The second kappa shape index (κ2) is 9.17. The molecule has 9 heteroatoms. The smallest absolute Gasteiger partial charge is 0.280 e. The van der Waals surface area contributed by atoms with Crippen molar-refractivity contribution in [1.82, 2.24) is 5.32 Å². The molecule has 0 fully saturated rings. The van der Waals surface area contributed by atoms with E-state index in [9.17, 15) is 14.9 Å². The van der Waals surface area contributed by atoms with Crippen LogP contribution in [0.3, 0.4) is 0 Å². The van der Waals surface area contributed by atoms with Gasteiger partial charge in [-0.25, -0.2) is 0 Å². The third-order valence-corrected chi connectivity index (χ3v) is 5.23. The van der Waals surface area contributed by atoms with Crippen molar-refractivity contribution < 1.29 is 28.7 Å². The maximum absolute atomic E-state index is 12.7. The van der Waals surface area contributed by atoms with Crippen LogP contribution in [0.2, 0.25) is 0 Å². The topological polar surface area (TPSA) is 109 Å². The normalized spacial score (nSPS) is 15.5. The van der Waals surface area contributed by atoms with Crippen LogP contribution in [0, 0.1) is 16.0 Å². The molecule has 0 spiro atoms. The lowest BCUT2D eigenvalue weighted by Crippen LogP contribution is -2.30. The van der Waals surface area contributed by atoms with E-state index in [2.05, 4.69) is 5.32 Å². The van der Waals surface area contributed by atoms with Gasteiger partial charge in [0, 0.05) is 12.5 Å². The first-order valence-electron chi connectivity index (χ1n) is 10.4. The molecule has 2 aliphatic rings. The van der Waals surface area contributed by atoms with Gasteiger partial charge in [-0.3, -0.25) is 14.9 Å². The van der Waals surface area contributed by atoms with E-state index in [-0.39, 0.29) is 35.9 Å². The number of amides is 1. The first kappa shape index (κ1) is 21.5. The van der Waals surface area contributed by atoms with Gasteiger partial charge in [-0.2, -0.15) is 0 Å². The third-order valence-electron chi connectivity index (χ3n) is 5.23. The molecule has 1 atom stereocenters. The maximum atomic E-state index is 12.7. The Bertz CT molecular complexity index is 1060. The van der Waals surface area contributed by atoms with E-state index < -0.39 is 4.92 Å². The molecule has 1 unspecified atom stereocenters. The second-order valence-corrected chi connectivity index (χ2v) is 7.84. The monoisotopic (exact) mass is 440 g/mol. The fourth-order valence-electron chi connectivity index (χ4n) is 3.61. The SMILES string of the molecule is CC(C)C(NC(=O)C=Cc1cc2c(cc1[N+](=O)[O-])OCO2)c1ccc2c(c1)OCCCO2. The minimum absolute atomic E-state index is 0.00570. The van der Waals surface area contributed by atoms with Crippen LogP contribution in [0.15, 0.2) is 36.4 Å². The van der Waals surface area contributed by atoms with E-state index >= 15 is 0 Å². The Morgan fingerprint density at radius 3 is 2.44 bits per heavy atom. The molecular weight excluding hydrogens is 416 g/mol. The lowest BCUT2D eigenvalue weighted by molar-refractivity contribution is -0.385. The summed E-state index contributed by atoms with van der Waals surface area (Å²) in [7, 11) is 0. The van der Waals surface area contributed by atoms with Crippen LogP contribution in [0.4, 0.5) is 5.69 Å². The number of rotatable bonds is 6. The number of hydrogen-bond acceptors (Lipinski definition) is 7. The van der Waals surface area contributed by atoms with Gasteiger partial charge in [0.1, 0.15) is 0 Å². The van der Waals surface area contributed by atoms with Crippen molar-refractivity contribution in [3.05, 3.63) is 57.6 Å². The number of nitro groups is 1. The zero-order chi connectivity index (χ0) is 22.7. The summed E-state index contributed by atoms with van der Waals surface area (Å²) in [4.78, 5) is 23.6. The number of nitrogens with zero attached hydrogens (tertiary/aromatic N) is 1. The first-order chi connectivity index (χ1) is 15.4. The summed E-state index contributed by atoms with van der Waals surface area (Å²) in [6, 6.07) is 8.16. The van der Waals surface area contributed by atoms with Gasteiger partial charge in [-0.1, -0.05) is 19.9 Å². The Kier molecular flexibility index (Phi) is 6.16. The number of ether oxygens (including phenoxy) is 4. The Morgan fingerprint density at radius 2 is 1.72 bits per heavy atom. The molecular formula is C23H24N2O7. The second-order valence-electron chi connectivity index (χ2n) is 7.84. The predicted octanol–water partition coefficient (Wildman–Crippen LogP) is 4.01. The molecule has 0 aliphatic carbocycles. The molecule has 1 N–H and O–H groups in total. The zero-order valence-corrected chi connectivity index (χ0v) is 17.8. The molecule has 0 bridgehead atoms. The molecule has 9 nitrogen and oxygen atoms in total. The van der Waals surface area contributed by atoms with Crippen LogP contribution in [0.25, 0.3) is 6.08 Å². The lowest BCUT2D eigenvalue weighted by Gasteiger charge is -2.23. The largest absolute Gasteiger partial charge is 0.490 e. The fraction of sp³-hybridized carbons (Fsp3) is 0.348. The molecule has 2 aliphatic heterocycles. The van der Waals surface area contributed by atoms with Gasteiger partial charge in [0.05, 0.1) is 35.8 Å². The first-order valence-corrected chi connectivity index (χ1v) is 10.4. The van der Waals surface area contributed by atoms with Crippen LogP contribution < -0.4 is 24.3 Å². The molecule has 168 valence electrons. The Hall–Kier alpha value is -3.75. The molecule has 0 saturated carbocycles. The van der Waals surface area contributed by atoms with Crippen molar-refractivity contribution in [1.29, 1.82) is 0 Å². The van der Waals surface area contributed by atoms with Crippen molar-refractivity contribution in [2.45, 2.75) is 26.3 Å². The molecule has 1 amide bonds. The average Bonchev–Trinajstić information content (AvgIpc) is 3.10. The van der Waals surface area contributed by atoms with Gasteiger partial charge in [0.15, 0.2) is 23.0 Å². The van der Waals surface area contributed by atoms with Crippen molar-refractivity contribution in [3.8, 4) is 23.0 Å². The van der Waals surface area contributed by atoms with Gasteiger partial charge < -0.3 is 24.3 Å². The quantitative estimate of drug-likeness (QED) is 0.411. The fourth-order valence-corrected chi connectivity index (χ4v) is 3.61. The number of fused-ring (bicyclic) bond motifs is 2. The molecule has 0 aromatic heterocycles. The molecule has 0 saturated heterocycles. The van der Waals surface area contributed by atoms with E-state index in [1.807, 2.05) is 32.0 Å². The lowest BCUT2D eigenvalue weighted by atomic mass is 9.95. The molecule has 2 aromatic carbocycles. The van der Waals surface area contributed by atoms with E-state index in [1.165, 1.54) is 24.3 Å². The van der Waals surface area contributed by atoms with Gasteiger partial charge in [-0.15, -0.1) is 0 Å². The number of benzene rings is 2. The van der Waals surface area contributed by atoms with Crippen LogP contribution in [-0.4, -0.2) is 30.8 Å². The molecule has 32 heavy (non-hydrogen) atoms. The number of hydrogen-bond donors (Lipinski definition) is 1. The number of carbonyl (C=O) groups is 1. The summed E-state index contributed by atoms with van der Waals surface area (Å²) in [5.74, 6) is 1.79. The average molecular weight is 440 g/mol. The van der Waals surface area contributed by atoms with Crippen molar-refractivity contribution >= 4 is 17.7 Å². The standard InChI is InChI=1S/C23H24N2O7/c1-14(2)23(16-4-6-18-19(11-16)30-9-3-8-29-18)24-22(26)7-5-15-10-20-21(32-13-31-20)12-17(15)25(27)28/h4-7,10-12,14,23H,3,8-9,13H2,1-2H3,(H,24,26). The molecule has 2 heterocycles. The third kappa shape index (κ3) is 4.61. The van der Waals surface area contributed by atoms with E-state index in [0.717, 1.165) is 12.0 Å². The highest BCUT2D eigenvalue weighted by atomic mass is 16.7. The predicted molar refractivity (Wildman–Crippen MR) is 116 cm³/mol. The Labute approximate surface area is 185 Å². The van der Waals surface area contributed by atoms with Gasteiger partial charge in [0.25, 0.3) is 5.69 Å². The van der Waals surface area contributed by atoms with Crippen LogP contribution in [0.5, 0.6) is 23.0 Å². The number of nitro benzene ring substituents is 1.